The van der Waals surface area contributed by atoms with Crippen molar-refractivity contribution in [3.63, 3.8) is 0 Å². The van der Waals surface area contributed by atoms with Crippen molar-refractivity contribution in [3.05, 3.63) is 47.3 Å². The zero-order chi connectivity index (χ0) is 16.4. The Balaban J connectivity index is 1.62. The van der Waals surface area contributed by atoms with Crippen LogP contribution in [0.2, 0.25) is 5.02 Å². The molecule has 3 heterocycles. The van der Waals surface area contributed by atoms with Gasteiger partial charge in [0, 0.05) is 44.9 Å². The van der Waals surface area contributed by atoms with Gasteiger partial charge in [-0.05, 0) is 24.8 Å². The molecular formula is C16H19ClN4O2. The predicted octanol–water partition coefficient (Wildman–Crippen LogP) is 2.05. The summed E-state index contributed by atoms with van der Waals surface area (Å²) in [5.41, 5.74) is 0.501. The van der Waals surface area contributed by atoms with Gasteiger partial charge in [-0.2, -0.15) is 0 Å². The van der Waals surface area contributed by atoms with Crippen LogP contribution in [-0.2, 0) is 7.05 Å². The summed E-state index contributed by atoms with van der Waals surface area (Å²) in [6, 6.07) is 1.63. The van der Waals surface area contributed by atoms with Gasteiger partial charge in [0.2, 0.25) is 0 Å². The molecule has 1 saturated heterocycles. The number of imidazole rings is 1. The Hall–Kier alpha value is -1.92. The third-order valence-corrected chi connectivity index (χ3v) is 4.55. The molecule has 1 fully saturated rings. The minimum absolute atomic E-state index is 0.0649. The highest BCUT2D eigenvalue weighted by molar-refractivity contribution is 6.30. The van der Waals surface area contributed by atoms with Crippen LogP contribution in [-0.4, -0.2) is 43.5 Å². The van der Waals surface area contributed by atoms with Gasteiger partial charge in [-0.25, -0.2) is 4.98 Å². The molecule has 2 aromatic rings. The number of aliphatic hydroxyl groups is 1. The molecule has 1 atom stereocenters. The first-order valence-corrected chi connectivity index (χ1v) is 7.99. The maximum absolute atomic E-state index is 12.5. The Morgan fingerprint density at radius 1 is 1.39 bits per heavy atom. The van der Waals surface area contributed by atoms with Crippen LogP contribution in [0.4, 0.5) is 0 Å². The topological polar surface area (TPSA) is 71.2 Å². The van der Waals surface area contributed by atoms with E-state index in [9.17, 15) is 9.90 Å². The molecule has 1 N–H and O–H groups in total. The third-order valence-electron chi connectivity index (χ3n) is 4.35. The highest BCUT2D eigenvalue weighted by Gasteiger charge is 2.30. The van der Waals surface area contributed by atoms with Crippen molar-refractivity contribution in [2.45, 2.75) is 18.9 Å². The number of pyridine rings is 1. The number of rotatable bonds is 3. The minimum atomic E-state index is -0.597. The second kappa shape index (κ2) is 6.68. The standard InChI is InChI=1S/C16H19ClN4O2/c1-20-7-4-19-15(20)14(22)11-2-5-21(6-3-11)16(23)12-8-13(17)10-18-9-12/h4,7-11,14,22H,2-3,5-6H2,1H3. The number of carbonyl (C=O) groups is 1. The van der Waals surface area contributed by atoms with Gasteiger partial charge < -0.3 is 14.6 Å². The van der Waals surface area contributed by atoms with Gasteiger partial charge in [0.1, 0.15) is 11.9 Å². The number of aryl methyl sites for hydroxylation is 1. The van der Waals surface area contributed by atoms with Crippen molar-refractivity contribution in [1.29, 1.82) is 0 Å². The average molecular weight is 335 g/mol. The molecule has 0 radical (unpaired) electrons. The Bertz CT molecular complexity index is 695. The molecule has 23 heavy (non-hydrogen) atoms. The third kappa shape index (κ3) is 3.38. The molecule has 0 aromatic carbocycles. The Kier molecular flexibility index (Phi) is 4.63. The lowest BCUT2D eigenvalue weighted by Gasteiger charge is -2.34. The van der Waals surface area contributed by atoms with Gasteiger partial charge in [0.25, 0.3) is 5.91 Å². The van der Waals surface area contributed by atoms with Crippen LogP contribution in [0.3, 0.4) is 0 Å². The molecule has 1 amide bonds. The highest BCUT2D eigenvalue weighted by atomic mass is 35.5. The van der Waals surface area contributed by atoms with Gasteiger partial charge in [-0.3, -0.25) is 9.78 Å². The van der Waals surface area contributed by atoms with Crippen LogP contribution in [0.1, 0.15) is 35.1 Å². The van der Waals surface area contributed by atoms with E-state index < -0.39 is 6.10 Å². The fourth-order valence-electron chi connectivity index (χ4n) is 3.00. The van der Waals surface area contributed by atoms with Crippen molar-refractivity contribution < 1.29 is 9.90 Å². The van der Waals surface area contributed by atoms with E-state index in [4.69, 9.17) is 11.6 Å². The molecule has 1 aliphatic heterocycles. The molecule has 0 aliphatic carbocycles. The Morgan fingerprint density at radius 2 is 2.13 bits per heavy atom. The molecule has 122 valence electrons. The summed E-state index contributed by atoms with van der Waals surface area (Å²) in [6.45, 7) is 1.22. The number of hydrogen-bond acceptors (Lipinski definition) is 4. The van der Waals surface area contributed by atoms with E-state index in [2.05, 4.69) is 9.97 Å². The molecule has 0 saturated carbocycles. The summed E-state index contributed by atoms with van der Waals surface area (Å²) in [4.78, 5) is 22.4. The minimum Gasteiger partial charge on any atom is -0.385 e. The van der Waals surface area contributed by atoms with Crippen LogP contribution < -0.4 is 0 Å². The maximum Gasteiger partial charge on any atom is 0.255 e. The number of nitrogens with zero attached hydrogens (tertiary/aromatic N) is 4. The summed E-state index contributed by atoms with van der Waals surface area (Å²) >= 11 is 5.89. The highest BCUT2D eigenvalue weighted by Crippen LogP contribution is 2.30. The first kappa shape index (κ1) is 16.0. The van der Waals surface area contributed by atoms with Crippen molar-refractivity contribution in [3.8, 4) is 0 Å². The number of halogens is 1. The largest absolute Gasteiger partial charge is 0.385 e. The molecule has 1 aliphatic rings. The fraction of sp³-hybridized carbons (Fsp3) is 0.438. The molecule has 3 rings (SSSR count). The number of aromatic nitrogens is 3. The summed E-state index contributed by atoms with van der Waals surface area (Å²) in [7, 11) is 1.87. The van der Waals surface area contributed by atoms with Gasteiger partial charge in [0.05, 0.1) is 10.6 Å². The number of likely N-dealkylation sites (tertiary alicyclic amines) is 1. The number of carbonyl (C=O) groups excluding carboxylic acids is 1. The molecule has 0 bridgehead atoms. The number of hydrogen-bond donors (Lipinski definition) is 1. The summed E-state index contributed by atoms with van der Waals surface area (Å²) in [5.74, 6) is 0.719. The van der Waals surface area contributed by atoms with Gasteiger partial charge in [0.15, 0.2) is 0 Å². The average Bonchev–Trinajstić information content (AvgIpc) is 3.00. The van der Waals surface area contributed by atoms with E-state index in [0.29, 0.717) is 29.5 Å². The zero-order valence-corrected chi connectivity index (χ0v) is 13.6. The van der Waals surface area contributed by atoms with Crippen molar-refractivity contribution in [1.82, 2.24) is 19.4 Å². The summed E-state index contributed by atoms with van der Waals surface area (Å²) < 4.78 is 1.83. The monoisotopic (exact) mass is 334 g/mol. The number of aliphatic hydroxyl groups excluding tert-OH is 1. The first-order valence-electron chi connectivity index (χ1n) is 7.61. The van der Waals surface area contributed by atoms with Crippen molar-refractivity contribution >= 4 is 17.5 Å². The molecule has 6 nitrogen and oxygen atoms in total. The maximum atomic E-state index is 12.5. The number of piperidine rings is 1. The van der Waals surface area contributed by atoms with E-state index in [0.717, 1.165) is 12.8 Å². The van der Waals surface area contributed by atoms with E-state index in [1.165, 1.54) is 12.4 Å². The van der Waals surface area contributed by atoms with Crippen LogP contribution in [0.5, 0.6) is 0 Å². The lowest BCUT2D eigenvalue weighted by Crippen LogP contribution is -2.40. The van der Waals surface area contributed by atoms with Gasteiger partial charge in [-0.1, -0.05) is 11.6 Å². The predicted molar refractivity (Wildman–Crippen MR) is 86.0 cm³/mol. The zero-order valence-electron chi connectivity index (χ0n) is 12.9. The van der Waals surface area contributed by atoms with Crippen LogP contribution in [0.25, 0.3) is 0 Å². The summed E-state index contributed by atoms with van der Waals surface area (Å²) in [5, 5.41) is 10.9. The van der Waals surface area contributed by atoms with Crippen LogP contribution >= 0.6 is 11.6 Å². The summed E-state index contributed by atoms with van der Waals surface area (Å²) in [6.07, 6.45) is 7.44. The Labute approximate surface area is 139 Å². The number of amides is 1. The van der Waals surface area contributed by atoms with Crippen molar-refractivity contribution in [2.75, 3.05) is 13.1 Å². The molecule has 2 aromatic heterocycles. The van der Waals surface area contributed by atoms with Crippen molar-refractivity contribution in [2.24, 2.45) is 13.0 Å². The van der Waals surface area contributed by atoms with Gasteiger partial charge in [-0.15, -0.1) is 0 Å². The molecule has 7 heteroatoms. The van der Waals surface area contributed by atoms with E-state index >= 15 is 0 Å². The normalized spacial score (nSPS) is 17.3. The van der Waals surface area contributed by atoms with Crippen LogP contribution in [0.15, 0.2) is 30.9 Å². The molecular weight excluding hydrogens is 316 g/mol. The second-order valence-corrected chi connectivity index (χ2v) is 6.30. The molecule has 1 unspecified atom stereocenters. The Morgan fingerprint density at radius 3 is 2.74 bits per heavy atom. The van der Waals surface area contributed by atoms with E-state index in [-0.39, 0.29) is 11.8 Å². The van der Waals surface area contributed by atoms with Gasteiger partial charge >= 0.3 is 0 Å². The van der Waals surface area contributed by atoms with E-state index in [1.54, 1.807) is 17.2 Å². The lowest BCUT2D eigenvalue weighted by molar-refractivity contribution is 0.0420. The van der Waals surface area contributed by atoms with Crippen LogP contribution in [0, 0.1) is 5.92 Å². The first-order chi connectivity index (χ1) is 11.1. The fourth-order valence-corrected chi connectivity index (χ4v) is 3.18. The second-order valence-electron chi connectivity index (χ2n) is 5.86. The SMILES string of the molecule is Cn1ccnc1C(O)C1CCN(C(=O)c2cncc(Cl)c2)CC1. The van der Waals surface area contributed by atoms with E-state index in [1.807, 2.05) is 17.8 Å². The smallest absolute Gasteiger partial charge is 0.255 e. The molecule has 0 spiro atoms. The lowest BCUT2D eigenvalue weighted by atomic mass is 9.90. The quantitative estimate of drug-likeness (QED) is 0.932.